The maximum absolute atomic E-state index is 11.8. The average molecular weight is 337 g/mol. The fraction of sp³-hybridized carbons (Fsp3) is 0.667. The monoisotopic (exact) mass is 336 g/mol. The molecular formula is C18H28N2O2S. The molecule has 0 aromatic heterocycles. The van der Waals surface area contributed by atoms with Gasteiger partial charge in [0.05, 0.1) is 6.26 Å². The van der Waals surface area contributed by atoms with E-state index in [-0.39, 0.29) is 5.41 Å². The molecule has 2 aliphatic heterocycles. The predicted octanol–water partition coefficient (Wildman–Crippen LogP) is 2.54. The highest BCUT2D eigenvalue weighted by Gasteiger charge is 2.43. The van der Waals surface area contributed by atoms with Crippen molar-refractivity contribution in [1.29, 1.82) is 0 Å². The van der Waals surface area contributed by atoms with Gasteiger partial charge in [0.2, 0.25) is 10.0 Å². The van der Waals surface area contributed by atoms with E-state index in [1.54, 1.807) is 4.31 Å². The maximum Gasteiger partial charge on any atom is 0.211 e. The van der Waals surface area contributed by atoms with Gasteiger partial charge in [-0.1, -0.05) is 37.3 Å². The number of hydrogen-bond acceptors (Lipinski definition) is 3. The van der Waals surface area contributed by atoms with E-state index in [1.807, 2.05) is 0 Å². The smallest absolute Gasteiger partial charge is 0.211 e. The van der Waals surface area contributed by atoms with Crippen molar-refractivity contribution >= 4 is 10.0 Å². The van der Waals surface area contributed by atoms with Gasteiger partial charge in [-0.3, -0.25) is 0 Å². The Kier molecular flexibility index (Phi) is 4.81. The van der Waals surface area contributed by atoms with Crippen molar-refractivity contribution in [3.63, 3.8) is 0 Å². The van der Waals surface area contributed by atoms with Gasteiger partial charge in [0, 0.05) is 26.2 Å². The zero-order valence-corrected chi connectivity index (χ0v) is 15.1. The van der Waals surface area contributed by atoms with E-state index in [0.29, 0.717) is 19.0 Å². The van der Waals surface area contributed by atoms with Gasteiger partial charge in [-0.2, -0.15) is 0 Å². The highest BCUT2D eigenvalue weighted by atomic mass is 32.2. The van der Waals surface area contributed by atoms with Crippen molar-refractivity contribution in [3.8, 4) is 0 Å². The van der Waals surface area contributed by atoms with Crippen LogP contribution in [0.2, 0.25) is 0 Å². The molecule has 1 atom stereocenters. The Morgan fingerprint density at radius 3 is 2.39 bits per heavy atom. The molecule has 23 heavy (non-hydrogen) atoms. The van der Waals surface area contributed by atoms with Crippen LogP contribution in [-0.2, 0) is 10.0 Å². The molecule has 0 aliphatic carbocycles. The van der Waals surface area contributed by atoms with Crippen molar-refractivity contribution in [2.24, 2.45) is 5.41 Å². The molecule has 1 aromatic carbocycles. The van der Waals surface area contributed by atoms with Gasteiger partial charge in [-0.25, -0.2) is 12.7 Å². The second-order valence-corrected chi connectivity index (χ2v) is 9.28. The van der Waals surface area contributed by atoms with E-state index >= 15 is 0 Å². The summed E-state index contributed by atoms with van der Waals surface area (Å²) in [5, 5.41) is 0. The Labute approximate surface area is 140 Å². The molecule has 1 aromatic rings. The van der Waals surface area contributed by atoms with Crippen molar-refractivity contribution in [2.75, 3.05) is 39.0 Å². The summed E-state index contributed by atoms with van der Waals surface area (Å²) >= 11 is 0. The molecule has 4 nitrogen and oxygen atoms in total. The van der Waals surface area contributed by atoms with Gasteiger partial charge in [-0.15, -0.1) is 0 Å². The number of likely N-dealkylation sites (tertiary alicyclic amines) is 1. The van der Waals surface area contributed by atoms with Crippen LogP contribution in [-0.4, -0.2) is 56.6 Å². The van der Waals surface area contributed by atoms with Crippen LogP contribution in [0, 0.1) is 5.41 Å². The average Bonchev–Trinajstić information content (AvgIpc) is 2.54. The van der Waals surface area contributed by atoms with Gasteiger partial charge < -0.3 is 4.90 Å². The van der Waals surface area contributed by atoms with Gasteiger partial charge in [0.1, 0.15) is 0 Å². The minimum absolute atomic E-state index is 0.274. The zero-order chi connectivity index (χ0) is 16.5. The van der Waals surface area contributed by atoms with Crippen LogP contribution >= 0.6 is 0 Å². The first-order chi connectivity index (χ1) is 10.9. The molecule has 5 heteroatoms. The summed E-state index contributed by atoms with van der Waals surface area (Å²) in [7, 11) is -3.05. The Morgan fingerprint density at radius 1 is 1.17 bits per heavy atom. The predicted molar refractivity (Wildman–Crippen MR) is 94.0 cm³/mol. The van der Waals surface area contributed by atoms with Gasteiger partial charge >= 0.3 is 0 Å². The molecule has 0 bridgehead atoms. The Balaban J connectivity index is 1.77. The Hall–Kier alpha value is -0.910. The van der Waals surface area contributed by atoms with E-state index in [4.69, 9.17) is 0 Å². The third-order valence-corrected chi connectivity index (χ3v) is 6.99. The van der Waals surface area contributed by atoms with Crippen molar-refractivity contribution in [3.05, 3.63) is 35.9 Å². The second-order valence-electron chi connectivity index (χ2n) is 7.30. The van der Waals surface area contributed by atoms with E-state index in [2.05, 4.69) is 42.2 Å². The molecule has 0 unspecified atom stereocenters. The fourth-order valence-corrected chi connectivity index (χ4v) is 5.19. The third kappa shape index (κ3) is 3.78. The number of hydrogen-bond donors (Lipinski definition) is 0. The highest BCUT2D eigenvalue weighted by molar-refractivity contribution is 7.88. The molecule has 128 valence electrons. The summed E-state index contributed by atoms with van der Waals surface area (Å²) in [6.45, 7) is 6.89. The largest absolute Gasteiger partial charge is 0.302 e. The van der Waals surface area contributed by atoms with Crippen LogP contribution in [0.4, 0.5) is 0 Å². The summed E-state index contributed by atoms with van der Waals surface area (Å²) in [6, 6.07) is 10.8. The molecule has 2 aliphatic rings. The van der Waals surface area contributed by atoms with Crippen molar-refractivity contribution < 1.29 is 8.42 Å². The number of rotatable bonds is 3. The zero-order valence-electron chi connectivity index (χ0n) is 14.2. The summed E-state index contributed by atoms with van der Waals surface area (Å²) in [5.41, 5.74) is 1.70. The quantitative estimate of drug-likeness (QED) is 0.852. The van der Waals surface area contributed by atoms with E-state index in [9.17, 15) is 8.42 Å². The Morgan fingerprint density at radius 2 is 1.83 bits per heavy atom. The molecule has 2 heterocycles. The molecular weight excluding hydrogens is 308 g/mol. The van der Waals surface area contributed by atoms with Crippen molar-refractivity contribution in [2.45, 2.75) is 32.1 Å². The molecule has 0 radical (unpaired) electrons. The van der Waals surface area contributed by atoms with Gasteiger partial charge in [0.25, 0.3) is 0 Å². The Bertz CT molecular complexity index is 622. The SMILES string of the molecule is CCN1C[C@@H](c2ccccc2)CC2(CCN(S(C)(=O)=O)CC2)C1. The third-order valence-electron chi connectivity index (χ3n) is 5.69. The number of benzene rings is 1. The summed E-state index contributed by atoms with van der Waals surface area (Å²) < 4.78 is 25.2. The lowest BCUT2D eigenvalue weighted by Gasteiger charge is -2.50. The van der Waals surface area contributed by atoms with Gasteiger partial charge in [0.15, 0.2) is 0 Å². The molecule has 0 N–H and O–H groups in total. The standard InChI is InChI=1S/C18H28N2O2S/c1-3-19-14-17(16-7-5-4-6-8-16)13-18(15-19)9-11-20(12-10-18)23(2,21)22/h4-8,17H,3,9-15H2,1-2H3/t17-/m0/s1. The molecule has 1 spiro atoms. The van der Waals surface area contributed by atoms with E-state index in [1.165, 1.54) is 18.2 Å². The lowest BCUT2D eigenvalue weighted by molar-refractivity contribution is 0.0338. The first-order valence-electron chi connectivity index (χ1n) is 8.64. The lowest BCUT2D eigenvalue weighted by atomic mass is 9.68. The molecule has 2 fully saturated rings. The van der Waals surface area contributed by atoms with Crippen LogP contribution in [0.25, 0.3) is 0 Å². The van der Waals surface area contributed by atoms with E-state index < -0.39 is 10.0 Å². The lowest BCUT2D eigenvalue weighted by Crippen LogP contribution is -2.52. The summed E-state index contributed by atoms with van der Waals surface area (Å²) in [6.07, 6.45) is 4.49. The summed E-state index contributed by atoms with van der Waals surface area (Å²) in [4.78, 5) is 2.55. The summed E-state index contributed by atoms with van der Waals surface area (Å²) in [5.74, 6) is 0.565. The number of piperidine rings is 2. The molecule has 3 rings (SSSR count). The van der Waals surface area contributed by atoms with Crippen LogP contribution in [0.15, 0.2) is 30.3 Å². The fourth-order valence-electron chi connectivity index (χ4n) is 4.35. The van der Waals surface area contributed by atoms with E-state index in [0.717, 1.165) is 32.5 Å². The molecule has 0 saturated carbocycles. The van der Waals surface area contributed by atoms with Gasteiger partial charge in [-0.05, 0) is 42.7 Å². The molecule has 2 saturated heterocycles. The van der Waals surface area contributed by atoms with Crippen LogP contribution < -0.4 is 0 Å². The molecule has 0 amide bonds. The highest BCUT2D eigenvalue weighted by Crippen LogP contribution is 2.45. The number of likely N-dealkylation sites (N-methyl/N-ethyl adjacent to an activating group) is 1. The van der Waals surface area contributed by atoms with Crippen molar-refractivity contribution in [1.82, 2.24) is 9.21 Å². The van der Waals surface area contributed by atoms with Crippen LogP contribution in [0.5, 0.6) is 0 Å². The first kappa shape index (κ1) is 16.9. The number of nitrogens with zero attached hydrogens (tertiary/aromatic N) is 2. The normalized spacial score (nSPS) is 26.4. The number of sulfonamides is 1. The first-order valence-corrected chi connectivity index (χ1v) is 10.5. The minimum atomic E-state index is -3.05. The topological polar surface area (TPSA) is 40.6 Å². The van der Waals surface area contributed by atoms with Crippen LogP contribution in [0.1, 0.15) is 37.7 Å². The van der Waals surface area contributed by atoms with Crippen LogP contribution in [0.3, 0.4) is 0 Å². The minimum Gasteiger partial charge on any atom is -0.302 e. The maximum atomic E-state index is 11.8. The second kappa shape index (κ2) is 6.54.